The first-order valence-electron chi connectivity index (χ1n) is 1.71. The maximum absolute atomic E-state index is 8.63. The molecule has 5 nitrogen and oxygen atoms in total. The molecule has 0 aliphatic heterocycles. The van der Waals surface area contributed by atoms with Gasteiger partial charge in [-0.3, -0.25) is 4.55 Å². The fourth-order valence-electron chi connectivity index (χ4n) is 0. The van der Waals surface area contributed by atoms with Crippen molar-refractivity contribution >= 4 is 10.4 Å². The third kappa shape index (κ3) is 598. The van der Waals surface area contributed by atoms with Crippen molar-refractivity contribution < 1.29 is 52.2 Å². The monoisotopic (exact) mass is 166 g/mol. The summed E-state index contributed by atoms with van der Waals surface area (Å²) in [4.78, 5) is 0. The van der Waals surface area contributed by atoms with Crippen LogP contribution in [-0.2, 0) is 10.4 Å². The molecule has 9 heavy (non-hydrogen) atoms. The molecular formula is C2H7NaO5S. The van der Waals surface area contributed by atoms with E-state index in [1.54, 1.807) is 6.92 Å². The summed E-state index contributed by atoms with van der Waals surface area (Å²) in [6, 6.07) is 0. The second kappa shape index (κ2) is 8.83. The molecule has 0 aromatic rings. The van der Waals surface area contributed by atoms with Crippen LogP contribution in [0.4, 0.5) is 0 Å². The molecule has 0 atom stereocenters. The van der Waals surface area contributed by atoms with Crippen LogP contribution in [0.25, 0.3) is 0 Å². The van der Waals surface area contributed by atoms with Crippen LogP contribution in [0.15, 0.2) is 0 Å². The summed E-state index contributed by atoms with van der Waals surface area (Å²) < 4.78 is 32.8. The van der Waals surface area contributed by atoms with Gasteiger partial charge in [0.05, 0.1) is 0 Å². The van der Waals surface area contributed by atoms with Gasteiger partial charge < -0.3 is 9.66 Å². The number of rotatable bonds is 0. The van der Waals surface area contributed by atoms with E-state index < -0.39 is 10.4 Å². The Morgan fingerprint density at radius 2 is 1.56 bits per heavy atom. The van der Waals surface area contributed by atoms with Gasteiger partial charge in [0.2, 0.25) is 10.4 Å². The van der Waals surface area contributed by atoms with Gasteiger partial charge in [-0.05, 0) is 6.92 Å². The first-order valence-corrected chi connectivity index (χ1v) is 3.07. The minimum absolute atomic E-state index is 0. The second-order valence-corrected chi connectivity index (χ2v) is 1.60. The van der Waals surface area contributed by atoms with E-state index in [4.69, 9.17) is 22.6 Å². The SMILES string of the molecule is CCO.O=S(=O)([O-])O.[Na+]. The number of aliphatic hydroxyl groups is 1. The van der Waals surface area contributed by atoms with E-state index in [0.29, 0.717) is 0 Å². The fraction of sp³-hybridized carbons (Fsp3) is 1.00. The van der Waals surface area contributed by atoms with Crippen molar-refractivity contribution in [1.29, 1.82) is 0 Å². The average Bonchev–Trinajstić information content (AvgIpc) is 1.27. The Labute approximate surface area is 75.9 Å². The Bertz CT molecular complexity index is 109. The number of aliphatic hydroxyl groups excluding tert-OH is 1. The molecular weight excluding hydrogens is 159 g/mol. The van der Waals surface area contributed by atoms with Crippen LogP contribution < -0.4 is 29.6 Å². The standard InChI is InChI=1S/C2H6O.Na.H2O4S/c1-2-3;;1-5(2,3)4/h3H,2H2,1H3;;(H2,1,2,3,4)/q;+1;/p-1. The molecule has 0 spiro atoms. The minimum Gasteiger partial charge on any atom is -0.726 e. The van der Waals surface area contributed by atoms with Crippen molar-refractivity contribution in [2.45, 2.75) is 6.92 Å². The first kappa shape index (κ1) is 16.4. The molecule has 0 heterocycles. The normalized spacial score (nSPS) is 8.44. The van der Waals surface area contributed by atoms with E-state index in [1.165, 1.54) is 0 Å². The molecule has 52 valence electrons. The third-order valence-corrected chi connectivity index (χ3v) is 0. The summed E-state index contributed by atoms with van der Waals surface area (Å²) in [6.07, 6.45) is 0. The second-order valence-electron chi connectivity index (χ2n) is 0.744. The van der Waals surface area contributed by atoms with Gasteiger partial charge >= 0.3 is 29.6 Å². The van der Waals surface area contributed by atoms with Crippen molar-refractivity contribution in [3.63, 3.8) is 0 Å². The molecule has 0 rings (SSSR count). The van der Waals surface area contributed by atoms with E-state index in [-0.39, 0.29) is 36.2 Å². The summed E-state index contributed by atoms with van der Waals surface area (Å²) in [5.74, 6) is 0. The molecule has 0 saturated carbocycles. The average molecular weight is 166 g/mol. The summed E-state index contributed by atoms with van der Waals surface area (Å²) in [7, 11) is -4.92. The zero-order valence-electron chi connectivity index (χ0n) is 5.23. The molecule has 0 amide bonds. The fourth-order valence-corrected chi connectivity index (χ4v) is 0. The van der Waals surface area contributed by atoms with Crippen LogP contribution in [0.2, 0.25) is 0 Å². The van der Waals surface area contributed by atoms with Crippen molar-refractivity contribution in [1.82, 2.24) is 0 Å². The molecule has 0 aliphatic carbocycles. The summed E-state index contributed by atoms with van der Waals surface area (Å²) in [5.41, 5.74) is 0. The molecule has 0 saturated heterocycles. The summed E-state index contributed by atoms with van der Waals surface area (Å²) in [6.45, 7) is 1.93. The molecule has 0 aliphatic rings. The predicted octanol–water partition coefficient (Wildman–Crippen LogP) is -3.99. The maximum atomic E-state index is 8.63. The molecule has 0 unspecified atom stereocenters. The van der Waals surface area contributed by atoms with Crippen LogP contribution in [0.5, 0.6) is 0 Å². The third-order valence-electron chi connectivity index (χ3n) is 0. The van der Waals surface area contributed by atoms with Gasteiger partial charge in [-0.15, -0.1) is 0 Å². The van der Waals surface area contributed by atoms with E-state index in [2.05, 4.69) is 0 Å². The smallest absolute Gasteiger partial charge is 0.726 e. The van der Waals surface area contributed by atoms with Crippen LogP contribution in [0.3, 0.4) is 0 Å². The zero-order chi connectivity index (χ0) is 7.21. The van der Waals surface area contributed by atoms with Gasteiger partial charge in [0, 0.05) is 6.61 Å². The number of hydrogen-bond donors (Lipinski definition) is 2. The van der Waals surface area contributed by atoms with Gasteiger partial charge in [-0.25, -0.2) is 8.42 Å². The van der Waals surface area contributed by atoms with Crippen molar-refractivity contribution in [2.75, 3.05) is 6.61 Å². The van der Waals surface area contributed by atoms with Gasteiger partial charge in [-0.1, -0.05) is 0 Å². The minimum atomic E-state index is -4.92. The van der Waals surface area contributed by atoms with E-state index in [1.807, 2.05) is 0 Å². The molecule has 0 fully saturated rings. The molecule has 0 radical (unpaired) electrons. The van der Waals surface area contributed by atoms with Crippen molar-refractivity contribution in [3.05, 3.63) is 0 Å². The molecule has 2 N–H and O–H groups in total. The number of hydrogen-bond acceptors (Lipinski definition) is 4. The van der Waals surface area contributed by atoms with Crippen LogP contribution in [0, 0.1) is 0 Å². The molecule has 7 heteroatoms. The van der Waals surface area contributed by atoms with Crippen LogP contribution >= 0.6 is 0 Å². The van der Waals surface area contributed by atoms with Gasteiger partial charge in [-0.2, -0.15) is 0 Å². The Kier molecular flexibility index (Phi) is 16.1. The zero-order valence-corrected chi connectivity index (χ0v) is 8.05. The molecule has 0 aromatic carbocycles. The summed E-state index contributed by atoms with van der Waals surface area (Å²) >= 11 is 0. The van der Waals surface area contributed by atoms with Gasteiger partial charge in [0.1, 0.15) is 0 Å². The van der Waals surface area contributed by atoms with Crippen molar-refractivity contribution in [2.24, 2.45) is 0 Å². The quantitative estimate of drug-likeness (QED) is 0.217. The Balaban J connectivity index is -0.0000000800. The van der Waals surface area contributed by atoms with E-state index >= 15 is 0 Å². The Hall–Kier alpha value is 0.830. The van der Waals surface area contributed by atoms with Gasteiger partial charge in [0.15, 0.2) is 0 Å². The molecule has 0 bridgehead atoms. The van der Waals surface area contributed by atoms with Crippen LogP contribution in [-0.4, -0.2) is 29.2 Å². The largest absolute Gasteiger partial charge is 1.00 e. The first-order chi connectivity index (χ1) is 3.41. The molecule has 0 aromatic heterocycles. The maximum Gasteiger partial charge on any atom is 1.00 e. The van der Waals surface area contributed by atoms with E-state index in [9.17, 15) is 0 Å². The summed E-state index contributed by atoms with van der Waals surface area (Å²) in [5, 5.41) is 7.57. The Morgan fingerprint density at radius 1 is 1.56 bits per heavy atom. The van der Waals surface area contributed by atoms with E-state index in [0.717, 1.165) is 0 Å². The predicted molar refractivity (Wildman–Crippen MR) is 25.1 cm³/mol. The topological polar surface area (TPSA) is 97.7 Å². The van der Waals surface area contributed by atoms with Crippen molar-refractivity contribution in [3.8, 4) is 0 Å². The Morgan fingerprint density at radius 3 is 1.56 bits per heavy atom. The van der Waals surface area contributed by atoms with Gasteiger partial charge in [0.25, 0.3) is 0 Å². The van der Waals surface area contributed by atoms with Crippen LogP contribution in [0.1, 0.15) is 6.92 Å².